The lowest BCUT2D eigenvalue weighted by atomic mass is 10.1. The number of hydrogen-bond acceptors (Lipinski definition) is 3. The highest BCUT2D eigenvalue weighted by atomic mass is 79.9. The van der Waals surface area contributed by atoms with Gasteiger partial charge in [0.2, 0.25) is 0 Å². The lowest BCUT2D eigenvalue weighted by Crippen LogP contribution is -2.36. The molecule has 3 N–H and O–H groups in total. The Hall–Kier alpha value is 0.580. The van der Waals surface area contributed by atoms with E-state index >= 15 is 0 Å². The van der Waals surface area contributed by atoms with Crippen LogP contribution in [0.1, 0.15) is 49.4 Å². The number of nitrogens with one attached hydrogen (secondary N) is 1. The largest absolute Gasteiger partial charge is 0.329 e. The van der Waals surface area contributed by atoms with Crippen LogP contribution in [0.4, 0.5) is 0 Å². The van der Waals surface area contributed by atoms with Gasteiger partial charge in [0, 0.05) is 21.9 Å². The number of thiophene rings is 1. The SMILES string of the molecule is NCC(NC1CCCCCC1)c1cc(Br)c(Br)s1. The third-order valence-corrected chi connectivity index (χ3v) is 6.91. The molecular weight excluding hydrogens is 376 g/mol. The van der Waals surface area contributed by atoms with Crippen LogP contribution >= 0.6 is 43.2 Å². The summed E-state index contributed by atoms with van der Waals surface area (Å²) in [6, 6.07) is 3.11. The first kappa shape index (κ1) is 15.0. The van der Waals surface area contributed by atoms with Gasteiger partial charge in [0.25, 0.3) is 0 Å². The topological polar surface area (TPSA) is 38.0 Å². The maximum Gasteiger partial charge on any atom is 0.0843 e. The Morgan fingerprint density at radius 3 is 2.44 bits per heavy atom. The number of hydrogen-bond donors (Lipinski definition) is 2. The zero-order chi connectivity index (χ0) is 13.0. The fourth-order valence-electron chi connectivity index (χ4n) is 2.53. The second-order valence-corrected chi connectivity index (χ2v) is 8.17. The second kappa shape index (κ2) is 7.39. The van der Waals surface area contributed by atoms with Crippen molar-refractivity contribution in [3.63, 3.8) is 0 Å². The third-order valence-electron chi connectivity index (χ3n) is 3.54. The van der Waals surface area contributed by atoms with Crippen LogP contribution in [0.25, 0.3) is 0 Å². The Bertz CT molecular complexity index is 354. The van der Waals surface area contributed by atoms with E-state index in [4.69, 9.17) is 5.73 Å². The van der Waals surface area contributed by atoms with Gasteiger partial charge in [0.05, 0.1) is 9.83 Å². The quantitative estimate of drug-likeness (QED) is 0.731. The molecule has 0 bridgehead atoms. The first-order valence-corrected chi connectivity index (χ1v) is 9.02. The van der Waals surface area contributed by atoms with Gasteiger partial charge in [-0.15, -0.1) is 11.3 Å². The van der Waals surface area contributed by atoms with Crippen molar-refractivity contribution in [1.29, 1.82) is 0 Å². The normalized spacial score (nSPS) is 19.7. The molecule has 5 heteroatoms. The first-order valence-electron chi connectivity index (χ1n) is 6.61. The van der Waals surface area contributed by atoms with Crippen LogP contribution in [0.5, 0.6) is 0 Å². The van der Waals surface area contributed by atoms with Crippen LogP contribution in [0, 0.1) is 0 Å². The van der Waals surface area contributed by atoms with Crippen molar-refractivity contribution < 1.29 is 0 Å². The van der Waals surface area contributed by atoms with Crippen molar-refractivity contribution in [2.75, 3.05) is 6.54 Å². The van der Waals surface area contributed by atoms with Crippen molar-refractivity contribution in [2.45, 2.75) is 50.6 Å². The highest BCUT2D eigenvalue weighted by Gasteiger charge is 2.19. The summed E-state index contributed by atoms with van der Waals surface area (Å²) in [6.07, 6.45) is 8.08. The maximum atomic E-state index is 5.93. The van der Waals surface area contributed by atoms with Gasteiger partial charge in [-0.2, -0.15) is 0 Å². The highest BCUT2D eigenvalue weighted by molar-refractivity contribution is 9.13. The zero-order valence-corrected chi connectivity index (χ0v) is 14.4. The van der Waals surface area contributed by atoms with Gasteiger partial charge in [0.15, 0.2) is 0 Å². The van der Waals surface area contributed by atoms with Crippen LogP contribution in [-0.2, 0) is 0 Å². The molecule has 2 nitrogen and oxygen atoms in total. The molecule has 102 valence electrons. The van der Waals surface area contributed by atoms with Crippen molar-refractivity contribution in [2.24, 2.45) is 5.73 Å². The molecule has 2 rings (SSSR count). The third kappa shape index (κ3) is 4.04. The molecular formula is C13H20Br2N2S. The fraction of sp³-hybridized carbons (Fsp3) is 0.692. The summed E-state index contributed by atoms with van der Waals surface area (Å²) in [5.41, 5.74) is 5.93. The van der Waals surface area contributed by atoms with Crippen LogP contribution < -0.4 is 11.1 Å². The Kier molecular flexibility index (Phi) is 6.15. The molecule has 0 spiro atoms. The van der Waals surface area contributed by atoms with Crippen LogP contribution in [0.15, 0.2) is 14.3 Å². The molecule has 1 atom stereocenters. The molecule has 1 saturated carbocycles. The van der Waals surface area contributed by atoms with Crippen LogP contribution in [0.2, 0.25) is 0 Å². The van der Waals surface area contributed by atoms with E-state index in [9.17, 15) is 0 Å². The van der Waals surface area contributed by atoms with Gasteiger partial charge in [-0.25, -0.2) is 0 Å². The molecule has 1 fully saturated rings. The molecule has 1 heterocycles. The van der Waals surface area contributed by atoms with Gasteiger partial charge in [-0.05, 0) is 50.8 Å². The second-order valence-electron chi connectivity index (χ2n) is 4.91. The molecule has 0 amide bonds. The Morgan fingerprint density at radius 1 is 1.28 bits per heavy atom. The van der Waals surface area contributed by atoms with Gasteiger partial charge in [0.1, 0.15) is 0 Å². The van der Waals surface area contributed by atoms with E-state index in [1.165, 1.54) is 43.4 Å². The summed E-state index contributed by atoms with van der Waals surface area (Å²) in [5, 5.41) is 3.75. The van der Waals surface area contributed by atoms with Crippen molar-refractivity contribution in [3.05, 3.63) is 19.2 Å². The smallest absolute Gasteiger partial charge is 0.0843 e. The first-order chi connectivity index (χ1) is 8.70. The van der Waals surface area contributed by atoms with E-state index in [-0.39, 0.29) is 0 Å². The molecule has 18 heavy (non-hydrogen) atoms. The predicted octanol–water partition coefficient (Wildman–Crippen LogP) is 4.59. The van der Waals surface area contributed by atoms with Crippen molar-refractivity contribution in [1.82, 2.24) is 5.32 Å². The van der Waals surface area contributed by atoms with Crippen molar-refractivity contribution >= 4 is 43.2 Å². The zero-order valence-electron chi connectivity index (χ0n) is 10.4. The number of nitrogens with two attached hydrogens (primary N) is 1. The minimum absolute atomic E-state index is 0.292. The summed E-state index contributed by atoms with van der Waals surface area (Å²) in [5.74, 6) is 0. The summed E-state index contributed by atoms with van der Waals surface area (Å²) in [6.45, 7) is 0.663. The van der Waals surface area contributed by atoms with Gasteiger partial charge < -0.3 is 11.1 Å². The number of halogens is 2. The van der Waals surface area contributed by atoms with Crippen LogP contribution in [-0.4, -0.2) is 12.6 Å². The van der Waals surface area contributed by atoms with Crippen LogP contribution in [0.3, 0.4) is 0 Å². The Labute approximate surface area is 130 Å². The van der Waals surface area contributed by atoms with E-state index in [1.807, 2.05) is 0 Å². The molecule has 1 aliphatic carbocycles. The Balaban J connectivity index is 1.99. The lowest BCUT2D eigenvalue weighted by Gasteiger charge is -2.23. The monoisotopic (exact) mass is 394 g/mol. The van der Waals surface area contributed by atoms with E-state index in [1.54, 1.807) is 11.3 Å². The molecule has 1 unspecified atom stereocenters. The molecule has 1 aromatic rings. The highest BCUT2D eigenvalue weighted by Crippen LogP contribution is 2.35. The molecule has 0 radical (unpaired) electrons. The molecule has 1 aromatic heterocycles. The summed E-state index contributed by atoms with van der Waals surface area (Å²) in [7, 11) is 0. The summed E-state index contributed by atoms with van der Waals surface area (Å²) in [4.78, 5) is 1.32. The molecule has 0 aromatic carbocycles. The van der Waals surface area contributed by atoms with Gasteiger partial charge in [-0.3, -0.25) is 0 Å². The average Bonchev–Trinajstić information content (AvgIpc) is 2.59. The minimum Gasteiger partial charge on any atom is -0.329 e. The number of rotatable bonds is 4. The lowest BCUT2D eigenvalue weighted by molar-refractivity contribution is 0.405. The average molecular weight is 396 g/mol. The Morgan fingerprint density at radius 2 is 1.94 bits per heavy atom. The molecule has 0 saturated heterocycles. The van der Waals surface area contributed by atoms with E-state index in [2.05, 4.69) is 43.2 Å². The van der Waals surface area contributed by atoms with E-state index < -0.39 is 0 Å². The fourth-order valence-corrected chi connectivity index (χ4v) is 4.69. The predicted molar refractivity (Wildman–Crippen MR) is 86.1 cm³/mol. The van der Waals surface area contributed by atoms with E-state index in [0.717, 1.165) is 8.26 Å². The van der Waals surface area contributed by atoms with E-state index in [0.29, 0.717) is 18.6 Å². The maximum absolute atomic E-state index is 5.93. The molecule has 1 aliphatic rings. The standard InChI is InChI=1S/C13H20Br2N2S/c14-10-7-12(18-13(10)15)11(8-16)17-9-5-3-1-2-4-6-9/h7,9,11,17H,1-6,8,16H2. The summed E-state index contributed by atoms with van der Waals surface area (Å²) >= 11 is 8.87. The van der Waals surface area contributed by atoms with Crippen molar-refractivity contribution in [3.8, 4) is 0 Å². The molecule has 0 aliphatic heterocycles. The summed E-state index contributed by atoms with van der Waals surface area (Å²) < 4.78 is 2.28. The van der Waals surface area contributed by atoms with Gasteiger partial charge >= 0.3 is 0 Å². The van der Waals surface area contributed by atoms with Gasteiger partial charge in [-0.1, -0.05) is 25.7 Å². The minimum atomic E-state index is 0.292.